The number of hydrogen-bond donors (Lipinski definition) is 2. The molecule has 0 aliphatic carbocycles. The van der Waals surface area contributed by atoms with Crippen molar-refractivity contribution in [1.29, 1.82) is 0 Å². The number of nitrogens with one attached hydrogen (secondary N) is 1. The molecular formula is C21H44N2O10. The summed E-state index contributed by atoms with van der Waals surface area (Å²) in [5.41, 5.74) is 6.93. The molecule has 0 aliphatic heterocycles. The van der Waals surface area contributed by atoms with Gasteiger partial charge in [-0.3, -0.25) is 4.84 Å². The number of rotatable bonds is 24. The third kappa shape index (κ3) is 28.9. The monoisotopic (exact) mass is 484 g/mol. The summed E-state index contributed by atoms with van der Waals surface area (Å²) in [5.74, 6) is 0. The van der Waals surface area contributed by atoms with Crippen LogP contribution in [0.3, 0.4) is 0 Å². The van der Waals surface area contributed by atoms with E-state index in [2.05, 4.69) is 5.48 Å². The second-order valence-electron chi connectivity index (χ2n) is 7.53. The van der Waals surface area contributed by atoms with Gasteiger partial charge in [0.15, 0.2) is 0 Å². The summed E-state index contributed by atoms with van der Waals surface area (Å²) >= 11 is 0. The fourth-order valence-electron chi connectivity index (χ4n) is 2.01. The van der Waals surface area contributed by atoms with E-state index in [1.807, 2.05) is 0 Å². The molecule has 0 aromatic carbocycles. The summed E-state index contributed by atoms with van der Waals surface area (Å²) in [5, 5.41) is 0. The molecule has 0 aliphatic rings. The predicted molar refractivity (Wildman–Crippen MR) is 120 cm³/mol. The van der Waals surface area contributed by atoms with Crippen molar-refractivity contribution in [2.45, 2.75) is 26.4 Å². The molecule has 0 rings (SSSR count). The Kier molecular flexibility index (Phi) is 23.3. The van der Waals surface area contributed by atoms with Crippen LogP contribution in [0.2, 0.25) is 0 Å². The van der Waals surface area contributed by atoms with Crippen molar-refractivity contribution in [3.8, 4) is 0 Å². The molecule has 0 aromatic heterocycles. The molecule has 0 unspecified atom stereocenters. The summed E-state index contributed by atoms with van der Waals surface area (Å²) in [6.07, 6.45) is -0.633. The molecular weight excluding hydrogens is 440 g/mol. The maximum absolute atomic E-state index is 11.3. The van der Waals surface area contributed by atoms with Crippen LogP contribution >= 0.6 is 0 Å². The van der Waals surface area contributed by atoms with Crippen molar-refractivity contribution < 1.29 is 47.5 Å². The first kappa shape index (κ1) is 31.9. The van der Waals surface area contributed by atoms with E-state index in [0.29, 0.717) is 99.0 Å². The smallest absolute Gasteiger partial charge is 0.431 e. The average molecular weight is 485 g/mol. The first-order valence-electron chi connectivity index (χ1n) is 11.3. The molecule has 3 N–H and O–H groups in total. The summed E-state index contributed by atoms with van der Waals surface area (Å²) in [6, 6.07) is 0. The SMILES string of the molecule is CC(C)(C)OC(=O)NOCCOCCOCCOCCOCCOCCOCCOCCN. The maximum Gasteiger partial charge on any atom is 0.431 e. The van der Waals surface area contributed by atoms with Crippen molar-refractivity contribution in [2.24, 2.45) is 5.73 Å². The number of ether oxygens (including phenoxy) is 8. The molecule has 0 spiro atoms. The van der Waals surface area contributed by atoms with E-state index in [1.165, 1.54) is 0 Å². The van der Waals surface area contributed by atoms with Gasteiger partial charge in [-0.1, -0.05) is 0 Å². The summed E-state index contributed by atoms with van der Waals surface area (Å²) in [7, 11) is 0. The van der Waals surface area contributed by atoms with Crippen molar-refractivity contribution in [3.63, 3.8) is 0 Å². The first-order valence-corrected chi connectivity index (χ1v) is 11.3. The molecule has 33 heavy (non-hydrogen) atoms. The fourth-order valence-corrected chi connectivity index (χ4v) is 2.01. The Morgan fingerprint density at radius 3 is 1.18 bits per heavy atom. The van der Waals surface area contributed by atoms with Crippen molar-refractivity contribution >= 4 is 6.09 Å². The molecule has 0 saturated carbocycles. The van der Waals surface area contributed by atoms with Crippen LogP contribution in [-0.4, -0.2) is 117 Å². The van der Waals surface area contributed by atoms with Gasteiger partial charge < -0.3 is 43.6 Å². The molecule has 0 radical (unpaired) electrons. The number of hydrogen-bond acceptors (Lipinski definition) is 11. The summed E-state index contributed by atoms with van der Waals surface area (Å²) < 4.78 is 42.4. The third-order valence-electron chi connectivity index (χ3n) is 3.38. The molecule has 198 valence electrons. The Hall–Kier alpha value is -1.09. The normalized spacial score (nSPS) is 11.6. The van der Waals surface area contributed by atoms with E-state index in [4.69, 9.17) is 48.5 Å². The maximum atomic E-state index is 11.3. The minimum Gasteiger partial charge on any atom is -0.442 e. The highest BCUT2D eigenvalue weighted by Crippen LogP contribution is 2.06. The Bertz CT molecular complexity index is 424. The second-order valence-corrected chi connectivity index (χ2v) is 7.53. The molecule has 0 atom stereocenters. The van der Waals surface area contributed by atoms with Crippen molar-refractivity contribution in [2.75, 3.05) is 106 Å². The van der Waals surface area contributed by atoms with Gasteiger partial charge in [0.1, 0.15) is 5.60 Å². The lowest BCUT2D eigenvalue weighted by Crippen LogP contribution is -2.33. The van der Waals surface area contributed by atoms with Gasteiger partial charge in [0.2, 0.25) is 0 Å². The van der Waals surface area contributed by atoms with Gasteiger partial charge in [0, 0.05) is 6.54 Å². The number of carbonyl (C=O) groups is 1. The number of carbonyl (C=O) groups excluding carboxylic acids is 1. The van der Waals surface area contributed by atoms with Crippen LogP contribution in [-0.2, 0) is 42.7 Å². The molecule has 12 nitrogen and oxygen atoms in total. The zero-order valence-corrected chi connectivity index (χ0v) is 20.5. The van der Waals surface area contributed by atoms with Crippen LogP contribution in [0.25, 0.3) is 0 Å². The second kappa shape index (κ2) is 24.0. The van der Waals surface area contributed by atoms with Gasteiger partial charge in [-0.2, -0.15) is 5.48 Å². The van der Waals surface area contributed by atoms with Crippen LogP contribution in [0.15, 0.2) is 0 Å². The molecule has 0 bridgehead atoms. The highest BCUT2D eigenvalue weighted by Gasteiger charge is 2.15. The van der Waals surface area contributed by atoms with Gasteiger partial charge in [-0.05, 0) is 20.8 Å². The Morgan fingerprint density at radius 2 is 0.879 bits per heavy atom. The van der Waals surface area contributed by atoms with E-state index < -0.39 is 11.7 Å². The standard InChI is InChI=1S/C21H44N2O10/c1-21(2,3)33-20(24)23-32-19-18-31-17-16-30-15-14-29-13-12-28-11-10-27-9-8-26-7-6-25-5-4-22/h4-19,22H2,1-3H3,(H,23,24). The van der Waals surface area contributed by atoms with E-state index >= 15 is 0 Å². The van der Waals surface area contributed by atoms with E-state index in [9.17, 15) is 4.79 Å². The molecule has 0 fully saturated rings. The number of amides is 1. The van der Waals surface area contributed by atoms with E-state index in [-0.39, 0.29) is 6.61 Å². The molecule has 12 heteroatoms. The van der Waals surface area contributed by atoms with E-state index in [1.54, 1.807) is 20.8 Å². The third-order valence-corrected chi connectivity index (χ3v) is 3.38. The van der Waals surface area contributed by atoms with Gasteiger partial charge in [-0.25, -0.2) is 4.79 Å². The minimum absolute atomic E-state index is 0.215. The largest absolute Gasteiger partial charge is 0.442 e. The number of nitrogens with two attached hydrogens (primary N) is 1. The van der Waals surface area contributed by atoms with Crippen LogP contribution in [0, 0.1) is 0 Å². The van der Waals surface area contributed by atoms with Gasteiger partial charge in [-0.15, -0.1) is 0 Å². The van der Waals surface area contributed by atoms with Crippen molar-refractivity contribution in [1.82, 2.24) is 5.48 Å². The lowest BCUT2D eigenvalue weighted by atomic mass is 10.2. The molecule has 0 heterocycles. The Morgan fingerprint density at radius 1 is 0.576 bits per heavy atom. The first-order chi connectivity index (χ1) is 16.0. The zero-order chi connectivity index (χ0) is 24.5. The van der Waals surface area contributed by atoms with Crippen LogP contribution < -0.4 is 11.2 Å². The lowest BCUT2D eigenvalue weighted by Gasteiger charge is -2.19. The average Bonchev–Trinajstić information content (AvgIpc) is 2.75. The quantitative estimate of drug-likeness (QED) is 0.146. The van der Waals surface area contributed by atoms with Gasteiger partial charge in [0.05, 0.1) is 99.1 Å². The zero-order valence-electron chi connectivity index (χ0n) is 20.5. The highest BCUT2D eigenvalue weighted by atomic mass is 16.7. The fraction of sp³-hybridized carbons (Fsp3) is 0.952. The van der Waals surface area contributed by atoms with Crippen molar-refractivity contribution in [3.05, 3.63) is 0 Å². The molecule has 1 amide bonds. The highest BCUT2D eigenvalue weighted by molar-refractivity contribution is 5.66. The number of hydroxylamine groups is 1. The topological polar surface area (TPSA) is 138 Å². The lowest BCUT2D eigenvalue weighted by molar-refractivity contribution is -0.0380. The summed E-state index contributed by atoms with van der Waals surface area (Å²) in [4.78, 5) is 16.3. The van der Waals surface area contributed by atoms with Gasteiger partial charge in [0.25, 0.3) is 0 Å². The van der Waals surface area contributed by atoms with Crippen LogP contribution in [0.5, 0.6) is 0 Å². The van der Waals surface area contributed by atoms with Crippen LogP contribution in [0.1, 0.15) is 20.8 Å². The van der Waals surface area contributed by atoms with E-state index in [0.717, 1.165) is 0 Å². The van der Waals surface area contributed by atoms with Gasteiger partial charge >= 0.3 is 6.09 Å². The molecule has 0 saturated heterocycles. The summed E-state index contributed by atoms with van der Waals surface area (Å²) in [6.45, 7) is 12.9. The molecule has 0 aromatic rings. The van der Waals surface area contributed by atoms with Crippen LogP contribution in [0.4, 0.5) is 4.79 Å². The predicted octanol–water partition coefficient (Wildman–Crippen LogP) is 0.518. The Labute approximate surface area is 197 Å². The Balaban J connectivity index is 3.10. The minimum atomic E-state index is -0.633.